The highest BCUT2D eigenvalue weighted by molar-refractivity contribution is 5.04. The van der Waals surface area contributed by atoms with Gasteiger partial charge in [-0.25, -0.2) is 0 Å². The Morgan fingerprint density at radius 1 is 1.00 bits per heavy atom. The van der Waals surface area contributed by atoms with E-state index in [-0.39, 0.29) is 0 Å². The largest absolute Gasteiger partial charge is 0.103 e. The molecule has 0 nitrogen and oxygen atoms in total. The monoisotopic (exact) mass is 220 g/mol. The molecule has 0 heterocycles. The predicted molar refractivity (Wildman–Crippen MR) is 71.5 cm³/mol. The molecular weight excluding hydrogens is 192 g/mol. The molecule has 2 fully saturated rings. The van der Waals surface area contributed by atoms with E-state index in [4.69, 9.17) is 0 Å². The average molecular weight is 220 g/mol. The van der Waals surface area contributed by atoms with Crippen LogP contribution in [0.15, 0.2) is 12.7 Å². The van der Waals surface area contributed by atoms with E-state index in [9.17, 15) is 0 Å². The molecule has 2 rings (SSSR count). The van der Waals surface area contributed by atoms with E-state index in [2.05, 4.69) is 26.5 Å². The molecule has 0 bridgehead atoms. The molecule has 1 atom stereocenters. The third-order valence-electron chi connectivity index (χ3n) is 5.13. The van der Waals surface area contributed by atoms with Crippen LogP contribution in [0.1, 0.15) is 71.6 Å². The molecule has 0 aliphatic heterocycles. The second-order valence-corrected chi connectivity index (χ2v) is 6.97. The van der Waals surface area contributed by atoms with Crippen LogP contribution in [-0.2, 0) is 0 Å². The van der Waals surface area contributed by atoms with Gasteiger partial charge in [-0.1, -0.05) is 45.6 Å². The summed E-state index contributed by atoms with van der Waals surface area (Å²) in [6, 6.07) is 0. The molecule has 0 spiro atoms. The van der Waals surface area contributed by atoms with Crippen LogP contribution in [-0.4, -0.2) is 0 Å². The number of hydrogen-bond acceptors (Lipinski definition) is 0. The van der Waals surface area contributed by atoms with Crippen molar-refractivity contribution in [1.82, 2.24) is 0 Å². The summed E-state index contributed by atoms with van der Waals surface area (Å²) in [5, 5.41) is 0. The molecule has 0 aromatic carbocycles. The lowest BCUT2D eigenvalue weighted by molar-refractivity contribution is 0.0506. The van der Waals surface area contributed by atoms with E-state index in [1.807, 2.05) is 0 Å². The summed E-state index contributed by atoms with van der Waals surface area (Å²) in [4.78, 5) is 0. The standard InChI is InChI=1S/C16H28/c1-4-16(14-9-6-5-7-10-14)12-8-11-15(2,3)13-16/h4,14H,1,5-13H2,2-3H3. The van der Waals surface area contributed by atoms with E-state index < -0.39 is 0 Å². The summed E-state index contributed by atoms with van der Waals surface area (Å²) in [6.45, 7) is 9.10. The van der Waals surface area contributed by atoms with E-state index in [0.29, 0.717) is 10.8 Å². The van der Waals surface area contributed by atoms with E-state index >= 15 is 0 Å². The second-order valence-electron chi connectivity index (χ2n) is 6.97. The topological polar surface area (TPSA) is 0 Å². The highest BCUT2D eigenvalue weighted by atomic mass is 14.5. The molecule has 2 saturated carbocycles. The summed E-state index contributed by atoms with van der Waals surface area (Å²) in [5.74, 6) is 0.943. The Morgan fingerprint density at radius 2 is 1.69 bits per heavy atom. The number of hydrogen-bond donors (Lipinski definition) is 0. The molecular formula is C16H28. The van der Waals surface area contributed by atoms with Gasteiger partial charge in [0.1, 0.15) is 0 Å². The summed E-state index contributed by atoms with van der Waals surface area (Å²) in [7, 11) is 0. The Hall–Kier alpha value is -0.260. The SMILES string of the molecule is C=CC1(C2CCCCC2)CCCC(C)(C)C1. The lowest BCUT2D eigenvalue weighted by Gasteiger charge is -2.49. The van der Waals surface area contributed by atoms with Gasteiger partial charge in [0.2, 0.25) is 0 Å². The first-order valence-corrected chi connectivity index (χ1v) is 7.22. The maximum atomic E-state index is 4.20. The Kier molecular flexibility index (Phi) is 3.47. The van der Waals surface area contributed by atoms with Crippen molar-refractivity contribution in [2.75, 3.05) is 0 Å². The first-order chi connectivity index (χ1) is 7.58. The second kappa shape index (κ2) is 4.55. The fourth-order valence-corrected chi connectivity index (χ4v) is 4.33. The summed E-state index contributed by atoms with van der Waals surface area (Å²) < 4.78 is 0. The number of allylic oxidation sites excluding steroid dienone is 1. The van der Waals surface area contributed by atoms with Crippen molar-refractivity contribution in [2.45, 2.75) is 71.6 Å². The lowest BCUT2D eigenvalue weighted by atomic mass is 9.56. The Balaban J connectivity index is 2.13. The molecule has 0 amide bonds. The van der Waals surface area contributed by atoms with Gasteiger partial charge in [-0.2, -0.15) is 0 Å². The predicted octanol–water partition coefficient (Wildman–Crippen LogP) is 5.34. The first kappa shape index (κ1) is 12.2. The average Bonchev–Trinajstić information content (AvgIpc) is 2.29. The molecule has 0 saturated heterocycles. The van der Waals surface area contributed by atoms with Crippen molar-refractivity contribution in [1.29, 1.82) is 0 Å². The molecule has 2 aliphatic carbocycles. The van der Waals surface area contributed by atoms with Crippen molar-refractivity contribution >= 4 is 0 Å². The van der Waals surface area contributed by atoms with Crippen molar-refractivity contribution < 1.29 is 0 Å². The number of rotatable bonds is 2. The van der Waals surface area contributed by atoms with Crippen LogP contribution in [0.25, 0.3) is 0 Å². The van der Waals surface area contributed by atoms with Crippen molar-refractivity contribution in [2.24, 2.45) is 16.7 Å². The summed E-state index contributed by atoms with van der Waals surface area (Å²) >= 11 is 0. The zero-order valence-corrected chi connectivity index (χ0v) is 11.2. The highest BCUT2D eigenvalue weighted by Gasteiger charge is 2.43. The van der Waals surface area contributed by atoms with Crippen LogP contribution < -0.4 is 0 Å². The zero-order valence-electron chi connectivity index (χ0n) is 11.2. The van der Waals surface area contributed by atoms with E-state index in [0.717, 1.165) is 5.92 Å². The van der Waals surface area contributed by atoms with Crippen molar-refractivity contribution in [3.05, 3.63) is 12.7 Å². The minimum Gasteiger partial charge on any atom is -0.103 e. The van der Waals surface area contributed by atoms with Gasteiger partial charge in [-0.15, -0.1) is 6.58 Å². The molecule has 0 radical (unpaired) electrons. The third-order valence-corrected chi connectivity index (χ3v) is 5.13. The normalized spacial score (nSPS) is 35.9. The van der Waals surface area contributed by atoms with Crippen LogP contribution in [0.4, 0.5) is 0 Å². The maximum Gasteiger partial charge on any atom is -0.00876 e. The van der Waals surface area contributed by atoms with Gasteiger partial charge >= 0.3 is 0 Å². The molecule has 2 aliphatic rings. The molecule has 0 heteroatoms. The minimum absolute atomic E-state index is 0.488. The molecule has 0 aromatic rings. The fraction of sp³-hybridized carbons (Fsp3) is 0.875. The Morgan fingerprint density at radius 3 is 2.25 bits per heavy atom. The molecule has 92 valence electrons. The quantitative estimate of drug-likeness (QED) is 0.551. The van der Waals surface area contributed by atoms with Gasteiger partial charge in [0.15, 0.2) is 0 Å². The third kappa shape index (κ3) is 2.36. The smallest absolute Gasteiger partial charge is 0.00876 e. The van der Waals surface area contributed by atoms with Gasteiger partial charge in [-0.05, 0) is 48.9 Å². The Labute approximate surface area is 102 Å². The van der Waals surface area contributed by atoms with Crippen LogP contribution in [0.5, 0.6) is 0 Å². The van der Waals surface area contributed by atoms with Crippen LogP contribution in [0, 0.1) is 16.7 Å². The molecule has 0 aromatic heterocycles. The van der Waals surface area contributed by atoms with Crippen LogP contribution in [0.2, 0.25) is 0 Å². The zero-order chi connectivity index (χ0) is 11.6. The minimum atomic E-state index is 0.488. The summed E-state index contributed by atoms with van der Waals surface area (Å²) in [5.41, 5.74) is 1.03. The van der Waals surface area contributed by atoms with Gasteiger partial charge in [-0.3, -0.25) is 0 Å². The van der Waals surface area contributed by atoms with Crippen molar-refractivity contribution in [3.63, 3.8) is 0 Å². The van der Waals surface area contributed by atoms with E-state index in [1.54, 1.807) is 0 Å². The van der Waals surface area contributed by atoms with Gasteiger partial charge < -0.3 is 0 Å². The van der Waals surface area contributed by atoms with Crippen LogP contribution >= 0.6 is 0 Å². The van der Waals surface area contributed by atoms with Crippen LogP contribution in [0.3, 0.4) is 0 Å². The lowest BCUT2D eigenvalue weighted by Crippen LogP contribution is -2.38. The summed E-state index contributed by atoms with van der Waals surface area (Å²) in [6.07, 6.45) is 15.3. The van der Waals surface area contributed by atoms with Crippen molar-refractivity contribution in [3.8, 4) is 0 Å². The molecule has 0 N–H and O–H groups in total. The van der Waals surface area contributed by atoms with E-state index in [1.165, 1.54) is 57.8 Å². The Bertz CT molecular complexity index is 245. The maximum absolute atomic E-state index is 4.20. The molecule has 1 unspecified atom stereocenters. The highest BCUT2D eigenvalue weighted by Crippen LogP contribution is 2.54. The van der Waals surface area contributed by atoms with Gasteiger partial charge in [0.05, 0.1) is 0 Å². The van der Waals surface area contributed by atoms with Gasteiger partial charge in [0, 0.05) is 0 Å². The fourth-order valence-electron chi connectivity index (χ4n) is 4.33. The first-order valence-electron chi connectivity index (χ1n) is 7.22. The molecule has 16 heavy (non-hydrogen) atoms. The van der Waals surface area contributed by atoms with Gasteiger partial charge in [0.25, 0.3) is 0 Å².